The predicted octanol–water partition coefficient (Wildman–Crippen LogP) is -3.37. The van der Waals surface area contributed by atoms with Crippen LogP contribution in [0.3, 0.4) is 0 Å². The third kappa shape index (κ3) is 7.37. The molecule has 1 fully saturated rings. The van der Waals surface area contributed by atoms with Crippen LogP contribution in [0.2, 0.25) is 0 Å². The van der Waals surface area contributed by atoms with Gasteiger partial charge in [0.05, 0.1) is 6.61 Å². The Hall–Kier alpha value is 1.63. The zero-order valence-electron chi connectivity index (χ0n) is 10.4. The Morgan fingerprint density at radius 1 is 1.05 bits per heavy atom. The van der Waals surface area contributed by atoms with Crippen LogP contribution in [0.1, 0.15) is 0 Å². The molecule has 2 radical (unpaired) electrons. The molecule has 0 amide bonds. The Balaban J connectivity index is 0.00000400. The molecule has 15 heteroatoms. The second-order valence-corrected chi connectivity index (χ2v) is 6.47. The van der Waals surface area contributed by atoms with E-state index in [2.05, 4.69) is 13.8 Å². The van der Waals surface area contributed by atoms with Gasteiger partial charge in [0.2, 0.25) is 5.79 Å². The molecule has 4 atom stereocenters. The number of phosphoric acid groups is 2. The summed E-state index contributed by atoms with van der Waals surface area (Å²) >= 11 is 0. The third-order valence-electron chi connectivity index (χ3n) is 2.37. The van der Waals surface area contributed by atoms with E-state index in [1.54, 1.807) is 0 Å². The number of hydrogen-bond donors (Lipinski definition) is 7. The zero-order valence-corrected chi connectivity index (χ0v) is 16.6. The summed E-state index contributed by atoms with van der Waals surface area (Å²) in [6, 6.07) is 0. The molecular weight excluding hydrogens is 463 g/mol. The number of aliphatic hydroxyl groups excluding tert-OH is 2. The van der Waals surface area contributed by atoms with E-state index in [0.717, 1.165) is 0 Å². The fourth-order valence-electron chi connectivity index (χ4n) is 1.47. The minimum Gasteiger partial charge on any atom is -0.387 e. The van der Waals surface area contributed by atoms with Crippen molar-refractivity contribution in [2.24, 2.45) is 0 Å². The quantitative estimate of drug-likeness (QED) is 0.148. The van der Waals surface area contributed by atoms with Crippen molar-refractivity contribution in [3.63, 3.8) is 0 Å². The molecule has 122 valence electrons. The fourth-order valence-corrected chi connectivity index (χ4v) is 2.17. The molecule has 7 N–H and O–H groups in total. The van der Waals surface area contributed by atoms with E-state index in [4.69, 9.17) is 19.6 Å². The fraction of sp³-hybridized carbons (Fsp3) is 1.00. The van der Waals surface area contributed by atoms with Gasteiger partial charge in [-0.25, -0.2) is 9.13 Å². The molecule has 0 aromatic carbocycles. The van der Waals surface area contributed by atoms with Gasteiger partial charge in [-0.15, -0.1) is 0 Å². The summed E-state index contributed by atoms with van der Waals surface area (Å²) in [4.78, 5) is 33.9. The van der Waals surface area contributed by atoms with E-state index >= 15 is 0 Å². The molecule has 1 aliphatic heterocycles. The molecule has 1 rings (SSSR count). The van der Waals surface area contributed by atoms with Gasteiger partial charge in [0.1, 0.15) is 24.9 Å². The average molecular weight is 477 g/mol. The summed E-state index contributed by atoms with van der Waals surface area (Å²) < 4.78 is 33.6. The van der Waals surface area contributed by atoms with E-state index in [0.29, 0.717) is 0 Å². The van der Waals surface area contributed by atoms with Crippen molar-refractivity contribution in [1.29, 1.82) is 0 Å². The van der Waals surface area contributed by atoms with E-state index in [9.17, 15) is 24.4 Å². The first-order chi connectivity index (χ1) is 8.84. The van der Waals surface area contributed by atoms with Gasteiger partial charge < -0.3 is 39.6 Å². The van der Waals surface area contributed by atoms with Crippen LogP contribution in [-0.2, 0) is 22.9 Å². The molecule has 12 nitrogen and oxygen atoms in total. The monoisotopic (exact) mass is 478 g/mol. The standard InChI is InChI=1S/C6H14O12P2.Ba/c7-4-3(1-16-19(10,11)12)18-6(9,5(4)8)2-17-20(13,14)15;/h3-5,7-9H,1-2H2,(H2,10,11,12)(H2,13,14,15);/t3-,4-,5+,6?;/m1./s1. The molecular formula is C6H14BaO12P2. The van der Waals surface area contributed by atoms with Crippen LogP contribution < -0.4 is 0 Å². The average Bonchev–Trinajstić information content (AvgIpc) is 2.48. The number of rotatable bonds is 6. The number of ether oxygens (including phenoxy) is 1. The summed E-state index contributed by atoms with van der Waals surface area (Å²) in [5.41, 5.74) is 0. The van der Waals surface area contributed by atoms with Gasteiger partial charge in [-0.1, -0.05) is 0 Å². The van der Waals surface area contributed by atoms with Crippen molar-refractivity contribution in [2.45, 2.75) is 24.1 Å². The molecule has 0 aliphatic carbocycles. The second kappa shape index (κ2) is 8.14. The van der Waals surface area contributed by atoms with Gasteiger partial charge >= 0.3 is 15.6 Å². The van der Waals surface area contributed by atoms with E-state index in [1.807, 2.05) is 0 Å². The zero-order chi connectivity index (χ0) is 15.8. The third-order valence-corrected chi connectivity index (χ3v) is 3.32. The van der Waals surface area contributed by atoms with Gasteiger partial charge in [-0.2, -0.15) is 0 Å². The van der Waals surface area contributed by atoms with Crippen molar-refractivity contribution < 1.29 is 57.8 Å². The largest absolute Gasteiger partial charge is 0.469 e. The smallest absolute Gasteiger partial charge is 0.387 e. The summed E-state index contributed by atoms with van der Waals surface area (Å²) in [6.45, 7) is -2.05. The molecule has 1 saturated heterocycles. The Morgan fingerprint density at radius 3 is 1.95 bits per heavy atom. The van der Waals surface area contributed by atoms with Gasteiger partial charge in [-0.05, 0) is 0 Å². The van der Waals surface area contributed by atoms with Crippen molar-refractivity contribution in [3.05, 3.63) is 0 Å². The van der Waals surface area contributed by atoms with Crippen molar-refractivity contribution in [3.8, 4) is 0 Å². The molecule has 21 heavy (non-hydrogen) atoms. The van der Waals surface area contributed by atoms with Crippen molar-refractivity contribution in [1.82, 2.24) is 0 Å². The van der Waals surface area contributed by atoms with E-state index in [-0.39, 0.29) is 48.9 Å². The van der Waals surface area contributed by atoms with Crippen LogP contribution in [0.5, 0.6) is 0 Å². The Kier molecular flexibility index (Phi) is 8.77. The van der Waals surface area contributed by atoms with Crippen LogP contribution in [0, 0.1) is 0 Å². The van der Waals surface area contributed by atoms with Gasteiger partial charge in [0, 0.05) is 48.9 Å². The van der Waals surface area contributed by atoms with Crippen LogP contribution in [0.4, 0.5) is 0 Å². The molecule has 0 aromatic rings. The first kappa shape index (κ1) is 22.6. The summed E-state index contributed by atoms with van der Waals surface area (Å²) in [7, 11) is -9.82. The maximum atomic E-state index is 10.5. The Labute approximate surface area is 158 Å². The Bertz CT molecular complexity index is 433. The predicted molar refractivity (Wildman–Crippen MR) is 63.6 cm³/mol. The van der Waals surface area contributed by atoms with Gasteiger partial charge in [-0.3, -0.25) is 9.05 Å². The number of hydrogen-bond acceptors (Lipinski definition) is 8. The summed E-state index contributed by atoms with van der Waals surface area (Å²) in [5, 5.41) is 28.8. The molecule has 0 bridgehead atoms. The van der Waals surface area contributed by atoms with E-state index in [1.165, 1.54) is 0 Å². The molecule has 1 aliphatic rings. The maximum Gasteiger partial charge on any atom is 0.469 e. The second-order valence-electron chi connectivity index (χ2n) is 3.99. The minimum atomic E-state index is -4.96. The first-order valence-electron chi connectivity index (χ1n) is 5.00. The SMILES string of the molecule is O=P(O)(O)OC[C@H]1OC(O)(COP(=O)(O)O)[C@@H](O)[C@@H]1O.[Ba]. The van der Waals surface area contributed by atoms with Crippen molar-refractivity contribution in [2.75, 3.05) is 13.2 Å². The molecule has 0 aromatic heterocycles. The van der Waals surface area contributed by atoms with Crippen LogP contribution >= 0.6 is 15.6 Å². The molecule has 0 saturated carbocycles. The van der Waals surface area contributed by atoms with Crippen LogP contribution in [0.15, 0.2) is 0 Å². The molecule has 1 unspecified atom stereocenters. The Morgan fingerprint density at radius 2 is 1.52 bits per heavy atom. The summed E-state index contributed by atoms with van der Waals surface area (Å²) in [6.07, 6.45) is -5.38. The maximum absolute atomic E-state index is 10.5. The number of aliphatic hydroxyl groups is 3. The molecule has 1 heterocycles. The summed E-state index contributed by atoms with van der Waals surface area (Å²) in [5.74, 6) is -2.66. The van der Waals surface area contributed by atoms with Gasteiger partial charge in [0.15, 0.2) is 0 Å². The minimum absolute atomic E-state index is 0. The number of phosphoric ester groups is 2. The molecule has 0 spiro atoms. The van der Waals surface area contributed by atoms with Crippen LogP contribution in [0.25, 0.3) is 0 Å². The topological polar surface area (TPSA) is 203 Å². The normalized spacial score (nSPS) is 33.8. The van der Waals surface area contributed by atoms with Gasteiger partial charge in [0.25, 0.3) is 0 Å². The van der Waals surface area contributed by atoms with Crippen LogP contribution in [-0.4, -0.2) is 121 Å². The first-order valence-corrected chi connectivity index (χ1v) is 8.07. The van der Waals surface area contributed by atoms with E-state index < -0.39 is 53.0 Å². The van der Waals surface area contributed by atoms with Crippen molar-refractivity contribution >= 4 is 64.5 Å².